The van der Waals surface area contributed by atoms with E-state index in [1.165, 1.54) is 4.57 Å². The molecule has 0 aliphatic heterocycles. The summed E-state index contributed by atoms with van der Waals surface area (Å²) in [7, 11) is 1.55. The molecule has 0 aliphatic carbocycles. The maximum absolute atomic E-state index is 13.6. The van der Waals surface area contributed by atoms with E-state index in [1.807, 2.05) is 35.8 Å². The summed E-state index contributed by atoms with van der Waals surface area (Å²) >= 11 is 0. The molecule has 0 bridgehead atoms. The third-order valence-corrected chi connectivity index (χ3v) is 6.90. The molecule has 5 aromatic rings. The van der Waals surface area contributed by atoms with Gasteiger partial charge in [0.05, 0.1) is 13.2 Å². The van der Waals surface area contributed by atoms with E-state index in [2.05, 4.69) is 51.8 Å². The first kappa shape index (κ1) is 26.2. The lowest BCUT2D eigenvalue weighted by atomic mass is 9.98. The van der Waals surface area contributed by atoms with Crippen LogP contribution < -0.4 is 11.2 Å². The maximum Gasteiger partial charge on any atom is 0.332 e. The number of imidazole rings is 1. The van der Waals surface area contributed by atoms with Gasteiger partial charge in [-0.3, -0.25) is 13.9 Å². The van der Waals surface area contributed by atoms with E-state index in [1.54, 1.807) is 11.7 Å². The summed E-state index contributed by atoms with van der Waals surface area (Å²) in [6.45, 7) is 5.35. The lowest BCUT2D eigenvalue weighted by Gasteiger charge is -2.13. The first-order chi connectivity index (χ1) is 19.1. The van der Waals surface area contributed by atoms with E-state index in [-0.39, 0.29) is 24.4 Å². The van der Waals surface area contributed by atoms with Crippen LogP contribution in [0.5, 0.6) is 0 Å². The van der Waals surface area contributed by atoms with Gasteiger partial charge in [-0.05, 0) is 35.2 Å². The van der Waals surface area contributed by atoms with Crippen molar-refractivity contribution >= 4 is 11.2 Å². The number of H-pyrrole nitrogens is 1. The average Bonchev–Trinajstić information content (AvgIpc) is 3.62. The van der Waals surface area contributed by atoms with Crippen molar-refractivity contribution in [3.05, 3.63) is 80.8 Å². The summed E-state index contributed by atoms with van der Waals surface area (Å²) in [6.07, 6.45) is 2.65. The van der Waals surface area contributed by atoms with Crippen LogP contribution in [0.1, 0.15) is 38.1 Å². The number of hydrogen-bond acceptors (Lipinski definition) is 7. The third kappa shape index (κ3) is 5.05. The SMILES string of the molecule is CCCCc1nc2c(c(=O)n(CCOC)c(=O)n2CC)n1Cc1ccc(-c2ccccc2-c2nn[nH]n2)cc1. The van der Waals surface area contributed by atoms with E-state index in [4.69, 9.17) is 9.72 Å². The number of nitrogens with zero attached hydrogens (tertiary/aromatic N) is 7. The quantitative estimate of drug-likeness (QED) is 0.279. The molecule has 0 aliphatic rings. The number of methoxy groups -OCH3 is 1. The molecule has 3 heterocycles. The van der Waals surface area contributed by atoms with Gasteiger partial charge in [-0.1, -0.05) is 61.9 Å². The molecular weight excluding hydrogens is 496 g/mol. The van der Waals surface area contributed by atoms with Gasteiger partial charge in [0.15, 0.2) is 11.2 Å². The van der Waals surface area contributed by atoms with E-state index in [0.717, 1.165) is 47.3 Å². The van der Waals surface area contributed by atoms with Crippen LogP contribution in [-0.2, 0) is 30.8 Å². The van der Waals surface area contributed by atoms with Crippen molar-refractivity contribution in [3.8, 4) is 22.5 Å². The molecule has 11 nitrogen and oxygen atoms in total. The van der Waals surface area contributed by atoms with Gasteiger partial charge in [-0.2, -0.15) is 5.21 Å². The first-order valence-electron chi connectivity index (χ1n) is 13.2. The number of unbranched alkanes of at least 4 members (excludes halogenated alkanes) is 1. The van der Waals surface area contributed by atoms with Gasteiger partial charge in [0.2, 0.25) is 5.82 Å². The van der Waals surface area contributed by atoms with Crippen molar-refractivity contribution in [2.24, 2.45) is 0 Å². The van der Waals surface area contributed by atoms with Gasteiger partial charge in [0.1, 0.15) is 5.82 Å². The van der Waals surface area contributed by atoms with Crippen LogP contribution in [0, 0.1) is 0 Å². The van der Waals surface area contributed by atoms with E-state index >= 15 is 0 Å². The second kappa shape index (κ2) is 11.6. The number of hydrogen-bond donors (Lipinski definition) is 1. The van der Waals surface area contributed by atoms with Crippen LogP contribution in [0.15, 0.2) is 58.1 Å². The minimum absolute atomic E-state index is 0.189. The van der Waals surface area contributed by atoms with Crippen molar-refractivity contribution in [2.75, 3.05) is 13.7 Å². The minimum Gasteiger partial charge on any atom is -0.383 e. The Bertz CT molecular complexity index is 1680. The highest BCUT2D eigenvalue weighted by atomic mass is 16.5. The molecule has 3 aromatic heterocycles. The second-order valence-corrected chi connectivity index (χ2v) is 9.34. The molecule has 0 saturated heterocycles. The molecule has 39 heavy (non-hydrogen) atoms. The number of fused-ring (bicyclic) bond motifs is 1. The van der Waals surface area contributed by atoms with Crippen molar-refractivity contribution in [2.45, 2.75) is 52.7 Å². The summed E-state index contributed by atoms with van der Waals surface area (Å²) < 4.78 is 9.98. The number of aryl methyl sites for hydroxylation is 2. The largest absolute Gasteiger partial charge is 0.383 e. The molecule has 0 spiro atoms. The van der Waals surface area contributed by atoms with Gasteiger partial charge in [0.25, 0.3) is 5.56 Å². The number of aromatic nitrogens is 8. The number of benzene rings is 2. The highest BCUT2D eigenvalue weighted by Crippen LogP contribution is 2.30. The minimum atomic E-state index is -0.358. The Morgan fingerprint density at radius 2 is 1.72 bits per heavy atom. The molecule has 1 N–H and O–H groups in total. The predicted octanol–water partition coefficient (Wildman–Crippen LogP) is 3.26. The van der Waals surface area contributed by atoms with E-state index in [9.17, 15) is 9.59 Å². The van der Waals surface area contributed by atoms with Crippen LogP contribution in [0.2, 0.25) is 0 Å². The monoisotopic (exact) mass is 528 g/mol. The molecular formula is C28H32N8O3. The van der Waals surface area contributed by atoms with Crippen LogP contribution in [0.3, 0.4) is 0 Å². The lowest BCUT2D eigenvalue weighted by Crippen LogP contribution is -2.41. The topological polar surface area (TPSA) is 126 Å². The Morgan fingerprint density at radius 3 is 2.38 bits per heavy atom. The maximum atomic E-state index is 13.6. The number of tetrazole rings is 1. The Balaban J connectivity index is 1.58. The van der Waals surface area contributed by atoms with Crippen molar-refractivity contribution in [3.63, 3.8) is 0 Å². The summed E-state index contributed by atoms with van der Waals surface area (Å²) in [5, 5.41) is 14.5. The number of aromatic amines is 1. The van der Waals surface area contributed by atoms with Gasteiger partial charge in [-0.25, -0.2) is 9.78 Å². The fourth-order valence-corrected chi connectivity index (χ4v) is 4.87. The molecule has 0 unspecified atom stereocenters. The summed E-state index contributed by atoms with van der Waals surface area (Å²) in [5.74, 6) is 1.34. The Kier molecular flexibility index (Phi) is 7.78. The molecule has 5 rings (SSSR count). The van der Waals surface area contributed by atoms with Crippen LogP contribution >= 0.6 is 0 Å². The van der Waals surface area contributed by atoms with Crippen molar-refractivity contribution in [1.82, 2.24) is 39.3 Å². The van der Waals surface area contributed by atoms with Gasteiger partial charge >= 0.3 is 5.69 Å². The van der Waals surface area contributed by atoms with Crippen molar-refractivity contribution < 1.29 is 4.74 Å². The molecule has 0 radical (unpaired) electrons. The second-order valence-electron chi connectivity index (χ2n) is 9.34. The predicted molar refractivity (Wildman–Crippen MR) is 149 cm³/mol. The summed E-state index contributed by atoms with van der Waals surface area (Å²) in [6, 6.07) is 16.1. The fourth-order valence-electron chi connectivity index (χ4n) is 4.87. The normalized spacial score (nSPS) is 11.5. The van der Waals surface area contributed by atoms with E-state index < -0.39 is 0 Å². The Hall–Kier alpha value is -4.38. The Morgan fingerprint density at radius 1 is 0.949 bits per heavy atom. The molecule has 0 saturated carbocycles. The van der Waals surface area contributed by atoms with Crippen LogP contribution in [0.25, 0.3) is 33.7 Å². The van der Waals surface area contributed by atoms with E-state index in [0.29, 0.717) is 30.1 Å². The van der Waals surface area contributed by atoms with Gasteiger partial charge < -0.3 is 9.30 Å². The molecule has 202 valence electrons. The zero-order valence-electron chi connectivity index (χ0n) is 22.4. The fraction of sp³-hybridized carbons (Fsp3) is 0.357. The standard InChI is InChI=1S/C28H32N8O3/c1-4-6-11-23-29-26-24(27(37)35(16-17-39-3)28(38)34(26)5-2)36(23)18-19-12-14-20(15-13-19)21-9-7-8-10-22(21)25-30-32-33-31-25/h7-10,12-15H,4-6,11,16-18H2,1-3H3,(H,30,31,32,33). The highest BCUT2D eigenvalue weighted by molar-refractivity contribution is 5.80. The van der Waals surface area contributed by atoms with Crippen LogP contribution in [0.4, 0.5) is 0 Å². The zero-order chi connectivity index (χ0) is 27.4. The molecule has 11 heteroatoms. The Labute approximate surface area is 225 Å². The number of ether oxygens (including phenoxy) is 1. The first-order valence-corrected chi connectivity index (χ1v) is 13.2. The third-order valence-electron chi connectivity index (χ3n) is 6.90. The van der Waals surface area contributed by atoms with Gasteiger partial charge in [-0.15, -0.1) is 10.2 Å². The summed E-state index contributed by atoms with van der Waals surface area (Å²) in [4.78, 5) is 31.6. The van der Waals surface area contributed by atoms with Crippen molar-refractivity contribution in [1.29, 1.82) is 0 Å². The van der Waals surface area contributed by atoms with Crippen LogP contribution in [-0.4, -0.2) is 53.0 Å². The molecule has 0 amide bonds. The average molecular weight is 529 g/mol. The number of rotatable bonds is 11. The lowest BCUT2D eigenvalue weighted by molar-refractivity contribution is 0.184. The smallest absolute Gasteiger partial charge is 0.332 e. The number of nitrogens with one attached hydrogen (secondary N) is 1. The highest BCUT2D eigenvalue weighted by Gasteiger charge is 2.21. The molecule has 0 atom stereocenters. The van der Waals surface area contributed by atoms with Gasteiger partial charge in [0, 0.05) is 32.2 Å². The molecule has 0 fully saturated rings. The molecule has 2 aromatic carbocycles. The summed E-state index contributed by atoms with van der Waals surface area (Å²) in [5.41, 5.74) is 4.11. The zero-order valence-corrected chi connectivity index (χ0v) is 22.4.